The first kappa shape index (κ1) is 21.5. The van der Waals surface area contributed by atoms with Gasteiger partial charge in [-0.3, -0.25) is 9.59 Å². The van der Waals surface area contributed by atoms with Crippen molar-refractivity contribution < 1.29 is 18.0 Å². The number of carbonyl (C=O) groups excluding carboxylic acids is 2. The predicted octanol–water partition coefficient (Wildman–Crippen LogP) is 1.83. The van der Waals surface area contributed by atoms with Gasteiger partial charge in [0.05, 0.1) is 4.90 Å². The molecule has 2 rings (SSSR count). The molecule has 1 fully saturated rings. The molecule has 1 aliphatic rings. The number of rotatable bonds is 5. The molecule has 1 unspecified atom stereocenters. The van der Waals surface area contributed by atoms with Crippen molar-refractivity contribution in [2.75, 3.05) is 24.2 Å². The van der Waals surface area contributed by atoms with Crippen LogP contribution in [0.4, 0.5) is 5.69 Å². The van der Waals surface area contributed by atoms with Gasteiger partial charge in [0.1, 0.15) is 5.25 Å². The summed E-state index contributed by atoms with van der Waals surface area (Å²) in [6, 6.07) is 6.11. The summed E-state index contributed by atoms with van der Waals surface area (Å²) in [4.78, 5) is 26.0. The molecular weight excluding hydrogens is 386 g/mol. The molecule has 1 atom stereocenters. The lowest BCUT2D eigenvalue weighted by atomic mass is 10.1. The number of thioether (sulfide) groups is 1. The van der Waals surface area contributed by atoms with E-state index in [9.17, 15) is 18.0 Å². The molecule has 0 aromatic heterocycles. The quantitative estimate of drug-likeness (QED) is 0.721. The van der Waals surface area contributed by atoms with E-state index in [1.807, 2.05) is 0 Å². The number of amides is 2. The van der Waals surface area contributed by atoms with Crippen LogP contribution in [0.1, 0.15) is 20.8 Å². The van der Waals surface area contributed by atoms with E-state index in [2.05, 4.69) is 16.6 Å². The maximum atomic E-state index is 12.6. The minimum atomic E-state index is -3.70. The van der Waals surface area contributed by atoms with E-state index in [0.29, 0.717) is 24.5 Å². The molecule has 2 amide bonds. The fraction of sp³-hybridized carbons (Fsp3) is 0.444. The molecule has 27 heavy (non-hydrogen) atoms. The third-order valence-corrected chi connectivity index (χ3v) is 6.64. The first-order valence-electron chi connectivity index (χ1n) is 8.50. The third-order valence-electron chi connectivity index (χ3n) is 3.70. The fourth-order valence-corrected chi connectivity index (χ4v) is 5.13. The molecule has 0 bridgehead atoms. The van der Waals surface area contributed by atoms with E-state index in [-0.39, 0.29) is 16.7 Å². The van der Waals surface area contributed by atoms with Gasteiger partial charge < -0.3 is 10.2 Å². The summed E-state index contributed by atoms with van der Waals surface area (Å²) < 4.78 is 27.5. The number of nitrogens with one attached hydrogen (secondary N) is 2. The summed E-state index contributed by atoms with van der Waals surface area (Å²) in [7, 11) is -3.70. The molecule has 0 radical (unpaired) electrons. The topological polar surface area (TPSA) is 95.6 Å². The number of nitrogens with zero attached hydrogens (tertiary/aromatic N) is 1. The summed E-state index contributed by atoms with van der Waals surface area (Å²) in [5.74, 6) is 0.191. The Labute approximate surface area is 164 Å². The van der Waals surface area contributed by atoms with Crippen LogP contribution in [-0.2, 0) is 19.6 Å². The molecule has 0 aliphatic carbocycles. The van der Waals surface area contributed by atoms with Gasteiger partial charge in [0.25, 0.3) is 0 Å². The Balaban J connectivity index is 2.10. The van der Waals surface area contributed by atoms with E-state index < -0.39 is 20.8 Å². The van der Waals surface area contributed by atoms with Crippen LogP contribution < -0.4 is 10.0 Å². The van der Waals surface area contributed by atoms with Crippen LogP contribution >= 0.6 is 11.8 Å². The van der Waals surface area contributed by atoms with Gasteiger partial charge in [0.2, 0.25) is 21.8 Å². The van der Waals surface area contributed by atoms with Gasteiger partial charge in [-0.2, -0.15) is 0 Å². The number of hydrogen-bond acceptors (Lipinski definition) is 5. The highest BCUT2D eigenvalue weighted by molar-refractivity contribution is 8.00. The molecule has 1 aromatic rings. The minimum Gasteiger partial charge on any atom is -0.337 e. The van der Waals surface area contributed by atoms with Crippen LogP contribution in [-0.4, -0.2) is 54.8 Å². The maximum absolute atomic E-state index is 12.6. The molecule has 1 saturated heterocycles. The smallest absolute Gasteiger partial charge is 0.246 e. The lowest BCUT2D eigenvalue weighted by Gasteiger charge is -2.30. The van der Waals surface area contributed by atoms with Crippen LogP contribution in [0.5, 0.6) is 0 Å². The Morgan fingerprint density at radius 1 is 1.33 bits per heavy atom. The summed E-state index contributed by atoms with van der Waals surface area (Å²) in [6.45, 7) is 9.61. The second-order valence-corrected chi connectivity index (χ2v) is 10.2. The molecule has 0 saturated carbocycles. The van der Waals surface area contributed by atoms with Gasteiger partial charge in [0.15, 0.2) is 0 Å². The second kappa shape index (κ2) is 8.45. The van der Waals surface area contributed by atoms with Crippen molar-refractivity contribution in [3.63, 3.8) is 0 Å². The number of carbonyl (C=O) groups is 2. The van der Waals surface area contributed by atoms with E-state index in [1.165, 1.54) is 30.0 Å². The van der Waals surface area contributed by atoms with Crippen molar-refractivity contribution in [1.29, 1.82) is 0 Å². The standard InChI is InChI=1S/C18H25N3O4S2/c1-5-16(22)21-9-10-26-15(12-21)17(23)19-13-7-6-8-14(11-13)27(24,25)20-18(2,3)4/h5-8,11,15,20H,1,9-10,12H2,2-4H3,(H,19,23). The third kappa shape index (κ3) is 6.08. The van der Waals surface area contributed by atoms with E-state index in [0.717, 1.165) is 0 Å². The van der Waals surface area contributed by atoms with Crippen LogP contribution in [0.3, 0.4) is 0 Å². The van der Waals surface area contributed by atoms with Crippen LogP contribution in [0.2, 0.25) is 0 Å². The number of sulfonamides is 1. The minimum absolute atomic E-state index is 0.0787. The molecule has 7 nitrogen and oxygen atoms in total. The van der Waals surface area contributed by atoms with Crippen molar-refractivity contribution in [2.45, 2.75) is 36.5 Å². The zero-order chi connectivity index (χ0) is 20.2. The first-order valence-corrected chi connectivity index (χ1v) is 11.0. The monoisotopic (exact) mass is 411 g/mol. The van der Waals surface area contributed by atoms with Crippen LogP contribution in [0.25, 0.3) is 0 Å². The summed E-state index contributed by atoms with van der Waals surface area (Å²) in [5.41, 5.74) is -0.220. The second-order valence-electron chi connectivity index (χ2n) is 7.22. The van der Waals surface area contributed by atoms with Gasteiger partial charge in [-0.25, -0.2) is 13.1 Å². The number of hydrogen-bond donors (Lipinski definition) is 2. The predicted molar refractivity (Wildman–Crippen MR) is 108 cm³/mol. The summed E-state index contributed by atoms with van der Waals surface area (Å²) in [5, 5.41) is 2.33. The zero-order valence-corrected chi connectivity index (χ0v) is 17.3. The highest BCUT2D eigenvalue weighted by Gasteiger charge is 2.28. The maximum Gasteiger partial charge on any atom is 0.246 e. The molecule has 0 spiro atoms. The highest BCUT2D eigenvalue weighted by Crippen LogP contribution is 2.22. The fourth-order valence-electron chi connectivity index (χ4n) is 2.56. The van der Waals surface area contributed by atoms with Gasteiger partial charge in [-0.15, -0.1) is 11.8 Å². The van der Waals surface area contributed by atoms with E-state index in [4.69, 9.17) is 0 Å². The van der Waals surface area contributed by atoms with Gasteiger partial charge >= 0.3 is 0 Å². The molecule has 1 aromatic carbocycles. The lowest BCUT2D eigenvalue weighted by molar-refractivity contribution is -0.126. The Morgan fingerprint density at radius 3 is 2.67 bits per heavy atom. The molecule has 2 N–H and O–H groups in total. The lowest BCUT2D eigenvalue weighted by Crippen LogP contribution is -2.45. The largest absolute Gasteiger partial charge is 0.337 e. The van der Waals surface area contributed by atoms with Crippen molar-refractivity contribution in [2.24, 2.45) is 0 Å². The molecule has 148 valence electrons. The van der Waals surface area contributed by atoms with Crippen LogP contribution in [0.15, 0.2) is 41.8 Å². The first-order chi connectivity index (χ1) is 12.5. The Morgan fingerprint density at radius 2 is 2.04 bits per heavy atom. The van der Waals surface area contributed by atoms with Gasteiger partial charge in [-0.05, 0) is 45.0 Å². The number of benzene rings is 1. The average molecular weight is 412 g/mol. The normalized spacial score (nSPS) is 18.0. The molecular formula is C18H25N3O4S2. The van der Waals surface area contributed by atoms with Crippen molar-refractivity contribution in [3.8, 4) is 0 Å². The SMILES string of the molecule is C=CC(=O)N1CCSC(C(=O)Nc2cccc(S(=O)(=O)NC(C)(C)C)c2)C1. The Kier molecular flexibility index (Phi) is 6.72. The van der Waals surface area contributed by atoms with Gasteiger partial charge in [0, 0.05) is 30.1 Å². The molecule has 1 heterocycles. The van der Waals surface area contributed by atoms with Crippen molar-refractivity contribution >= 4 is 39.3 Å². The van der Waals surface area contributed by atoms with Gasteiger partial charge in [-0.1, -0.05) is 12.6 Å². The molecule has 9 heteroatoms. The summed E-state index contributed by atoms with van der Waals surface area (Å²) in [6.07, 6.45) is 1.24. The Hall–Kier alpha value is -1.84. The molecule has 1 aliphatic heterocycles. The Bertz CT molecular complexity index is 831. The zero-order valence-electron chi connectivity index (χ0n) is 15.7. The summed E-state index contributed by atoms with van der Waals surface area (Å²) >= 11 is 1.47. The van der Waals surface area contributed by atoms with Crippen molar-refractivity contribution in [3.05, 3.63) is 36.9 Å². The van der Waals surface area contributed by atoms with Crippen molar-refractivity contribution in [1.82, 2.24) is 9.62 Å². The van der Waals surface area contributed by atoms with E-state index in [1.54, 1.807) is 37.8 Å². The highest BCUT2D eigenvalue weighted by atomic mass is 32.2. The number of anilines is 1. The average Bonchev–Trinajstić information content (AvgIpc) is 2.59. The van der Waals surface area contributed by atoms with Crippen LogP contribution in [0, 0.1) is 0 Å². The van der Waals surface area contributed by atoms with E-state index >= 15 is 0 Å².